The first-order valence-corrected chi connectivity index (χ1v) is 11.8. The van der Waals surface area contributed by atoms with Crippen LogP contribution in [0.5, 0.6) is 17.2 Å². The van der Waals surface area contributed by atoms with Gasteiger partial charge < -0.3 is 14.8 Å². The van der Waals surface area contributed by atoms with Gasteiger partial charge in [-0.15, -0.1) is 13.2 Å². The highest BCUT2D eigenvalue weighted by Gasteiger charge is 2.34. The van der Waals surface area contributed by atoms with E-state index in [-0.39, 0.29) is 16.9 Å². The van der Waals surface area contributed by atoms with Crippen LogP contribution in [0.25, 0.3) is 11.1 Å². The van der Waals surface area contributed by atoms with Gasteiger partial charge in [0.1, 0.15) is 10.4 Å². The fourth-order valence-electron chi connectivity index (χ4n) is 3.47. The molecule has 38 heavy (non-hydrogen) atoms. The molecule has 0 bridgehead atoms. The van der Waals surface area contributed by atoms with Gasteiger partial charge in [0, 0.05) is 23.0 Å². The van der Waals surface area contributed by atoms with Crippen LogP contribution >= 0.6 is 27.5 Å². The Kier molecular flexibility index (Phi) is 7.89. The zero-order valence-electron chi connectivity index (χ0n) is 19.2. The quantitative estimate of drug-likeness (QED) is 0.175. The Balaban J connectivity index is 1.89. The number of carbonyl (C=O) groups is 1. The lowest BCUT2D eigenvalue weighted by atomic mass is 9.97. The number of amides is 1. The fraction of sp³-hybridized carbons (Fsp3) is 0.0769. The second-order valence-electron chi connectivity index (χ2n) is 7.78. The molecule has 0 aliphatic carbocycles. The van der Waals surface area contributed by atoms with E-state index in [9.17, 15) is 18.0 Å². The van der Waals surface area contributed by atoms with E-state index < -0.39 is 46.0 Å². The van der Waals surface area contributed by atoms with E-state index in [1.165, 1.54) is 30.5 Å². The maximum atomic E-state index is 15.4. The molecule has 0 atom stereocenters. The van der Waals surface area contributed by atoms with Crippen LogP contribution in [0.4, 0.5) is 27.6 Å². The Labute approximate surface area is 226 Å². The lowest BCUT2D eigenvalue weighted by Gasteiger charge is -2.19. The summed E-state index contributed by atoms with van der Waals surface area (Å²) in [6, 6.07) is 13.2. The number of hydrogen-bond donors (Lipinski definition) is 1. The molecule has 0 saturated heterocycles. The van der Waals surface area contributed by atoms with Crippen molar-refractivity contribution < 1.29 is 36.2 Å². The molecule has 0 spiro atoms. The third-order valence-electron chi connectivity index (χ3n) is 5.18. The maximum Gasteiger partial charge on any atom is 0.573 e. The Morgan fingerprint density at radius 3 is 2.37 bits per heavy atom. The van der Waals surface area contributed by atoms with E-state index in [0.717, 1.165) is 12.1 Å². The summed E-state index contributed by atoms with van der Waals surface area (Å²) in [4.78, 5) is 17.3. The molecule has 1 aromatic heterocycles. The first-order valence-electron chi connectivity index (χ1n) is 10.7. The van der Waals surface area contributed by atoms with Gasteiger partial charge in [0.15, 0.2) is 17.3 Å². The highest BCUT2D eigenvalue weighted by Crippen LogP contribution is 2.43. The number of aryl methyl sites for hydroxylation is 1. The predicted molar refractivity (Wildman–Crippen MR) is 135 cm³/mol. The van der Waals surface area contributed by atoms with Crippen molar-refractivity contribution in [2.75, 3.05) is 5.32 Å². The first kappa shape index (κ1) is 27.3. The molecule has 1 heterocycles. The molecule has 196 valence electrons. The summed E-state index contributed by atoms with van der Waals surface area (Å²) in [5, 5.41) is 2.15. The summed E-state index contributed by atoms with van der Waals surface area (Å²) >= 11 is 9.14. The molecule has 4 rings (SSSR count). The molecule has 0 aliphatic heterocycles. The molecule has 4 aromatic rings. The summed E-state index contributed by atoms with van der Waals surface area (Å²) in [5.74, 6) is -5.44. The third kappa shape index (κ3) is 6.05. The number of benzene rings is 3. The number of aromatic nitrogens is 1. The minimum Gasteiger partial charge on any atom is -0.453 e. The Morgan fingerprint density at radius 2 is 1.68 bits per heavy atom. The number of nitrogens with one attached hydrogen (secondary N) is 1. The molecule has 1 amide bonds. The van der Waals surface area contributed by atoms with Crippen molar-refractivity contribution in [3.05, 3.63) is 99.2 Å². The van der Waals surface area contributed by atoms with Gasteiger partial charge >= 0.3 is 6.36 Å². The molecule has 0 saturated carbocycles. The zero-order valence-corrected chi connectivity index (χ0v) is 21.5. The van der Waals surface area contributed by atoms with Crippen LogP contribution < -0.4 is 14.8 Å². The summed E-state index contributed by atoms with van der Waals surface area (Å²) in [7, 11) is 0. The van der Waals surface area contributed by atoms with Crippen molar-refractivity contribution >= 4 is 39.1 Å². The van der Waals surface area contributed by atoms with Gasteiger partial charge in [-0.3, -0.25) is 4.79 Å². The smallest absolute Gasteiger partial charge is 0.453 e. The van der Waals surface area contributed by atoms with Gasteiger partial charge in [0.05, 0.1) is 10.6 Å². The number of halogens is 7. The standard InChI is InChI=1S/C26H15BrClF5N2O3/c1-13-12-34-20(27)11-18(13)35-25(36)21-15(7-9-17(28)22(21)29)16-8-10-19(38-26(31,32)33)23(30)24(16)37-14-5-3-2-4-6-14/h2-12H,1H3,(H,34,35,36). The monoisotopic (exact) mass is 612 g/mol. The average Bonchev–Trinajstić information content (AvgIpc) is 2.85. The van der Waals surface area contributed by atoms with Crippen molar-refractivity contribution in [2.24, 2.45) is 0 Å². The highest BCUT2D eigenvalue weighted by atomic mass is 79.9. The minimum absolute atomic E-state index is 0.0644. The maximum absolute atomic E-state index is 15.4. The van der Waals surface area contributed by atoms with Crippen LogP contribution in [-0.4, -0.2) is 17.3 Å². The first-order chi connectivity index (χ1) is 17.9. The number of ether oxygens (including phenoxy) is 2. The molecule has 0 fully saturated rings. The molecular weight excluding hydrogens is 599 g/mol. The lowest BCUT2D eigenvalue weighted by molar-refractivity contribution is -0.275. The number of anilines is 1. The second kappa shape index (κ2) is 11.0. The van der Waals surface area contributed by atoms with Crippen molar-refractivity contribution in [3.8, 4) is 28.4 Å². The van der Waals surface area contributed by atoms with E-state index in [1.807, 2.05) is 0 Å². The van der Waals surface area contributed by atoms with E-state index in [4.69, 9.17) is 16.3 Å². The number of nitrogens with zero attached hydrogens (tertiary/aromatic N) is 1. The van der Waals surface area contributed by atoms with Crippen molar-refractivity contribution in [1.29, 1.82) is 0 Å². The highest BCUT2D eigenvalue weighted by molar-refractivity contribution is 9.10. The summed E-state index contributed by atoms with van der Waals surface area (Å²) < 4.78 is 79.1. The van der Waals surface area contributed by atoms with Gasteiger partial charge in [0.2, 0.25) is 5.82 Å². The van der Waals surface area contributed by atoms with E-state index in [2.05, 4.69) is 31.0 Å². The number of hydrogen-bond acceptors (Lipinski definition) is 4. The second-order valence-corrected chi connectivity index (χ2v) is 9.00. The Hall–Kier alpha value is -3.70. The predicted octanol–water partition coefficient (Wildman–Crippen LogP) is 8.69. The van der Waals surface area contributed by atoms with Crippen LogP contribution in [0.15, 0.2) is 71.5 Å². The molecule has 1 N–H and O–H groups in total. The summed E-state index contributed by atoms with van der Waals surface area (Å²) in [6.07, 6.45) is -3.73. The molecule has 0 radical (unpaired) electrons. The van der Waals surface area contributed by atoms with E-state index in [1.54, 1.807) is 25.1 Å². The zero-order chi connectivity index (χ0) is 27.6. The van der Waals surface area contributed by atoms with Gasteiger partial charge in [-0.25, -0.2) is 9.37 Å². The minimum atomic E-state index is -5.19. The summed E-state index contributed by atoms with van der Waals surface area (Å²) in [6.45, 7) is 1.66. The van der Waals surface area contributed by atoms with E-state index >= 15 is 8.78 Å². The summed E-state index contributed by atoms with van der Waals surface area (Å²) in [5.41, 5.74) is -0.166. The Morgan fingerprint density at radius 1 is 1.00 bits per heavy atom. The third-order valence-corrected chi connectivity index (χ3v) is 5.91. The van der Waals surface area contributed by atoms with Crippen LogP contribution in [0, 0.1) is 18.6 Å². The van der Waals surface area contributed by atoms with Crippen LogP contribution in [0.3, 0.4) is 0 Å². The van der Waals surface area contributed by atoms with Gasteiger partial charge in [-0.1, -0.05) is 35.9 Å². The largest absolute Gasteiger partial charge is 0.573 e. The van der Waals surface area contributed by atoms with Crippen molar-refractivity contribution in [3.63, 3.8) is 0 Å². The molecular formula is C26H15BrClF5N2O3. The topological polar surface area (TPSA) is 60.5 Å². The molecule has 12 heteroatoms. The molecule has 3 aromatic carbocycles. The molecule has 0 unspecified atom stereocenters. The van der Waals surface area contributed by atoms with Gasteiger partial charge in [0.25, 0.3) is 5.91 Å². The fourth-order valence-corrected chi connectivity index (χ4v) is 3.96. The SMILES string of the molecule is Cc1cnc(Br)cc1NC(=O)c1c(-c2ccc(OC(F)(F)F)c(F)c2Oc2ccccc2)ccc(Cl)c1F. The Bertz CT molecular complexity index is 1520. The number of carbonyl (C=O) groups excluding carboxylic acids is 1. The van der Waals surface area contributed by atoms with Crippen LogP contribution in [0.2, 0.25) is 5.02 Å². The van der Waals surface area contributed by atoms with Crippen LogP contribution in [0.1, 0.15) is 15.9 Å². The number of alkyl halides is 3. The molecule has 5 nitrogen and oxygen atoms in total. The normalized spacial score (nSPS) is 11.3. The number of rotatable bonds is 6. The van der Waals surface area contributed by atoms with Crippen molar-refractivity contribution in [2.45, 2.75) is 13.3 Å². The van der Waals surface area contributed by atoms with Gasteiger partial charge in [-0.2, -0.15) is 4.39 Å². The number of para-hydroxylation sites is 1. The van der Waals surface area contributed by atoms with Crippen LogP contribution in [-0.2, 0) is 0 Å². The van der Waals surface area contributed by atoms with Crippen molar-refractivity contribution in [1.82, 2.24) is 4.98 Å². The average molecular weight is 614 g/mol. The van der Waals surface area contributed by atoms with E-state index in [0.29, 0.717) is 21.9 Å². The van der Waals surface area contributed by atoms with Gasteiger partial charge in [-0.05, 0) is 64.8 Å². The lowest BCUT2D eigenvalue weighted by Crippen LogP contribution is -2.18. The molecule has 0 aliphatic rings. The number of pyridine rings is 1.